The van der Waals surface area contributed by atoms with E-state index in [2.05, 4.69) is 0 Å². The van der Waals surface area contributed by atoms with Crippen molar-refractivity contribution in [3.05, 3.63) is 83.3 Å². The van der Waals surface area contributed by atoms with Gasteiger partial charge in [-0.1, -0.05) is 67.6 Å². The molecule has 28 heavy (non-hydrogen) atoms. The first-order valence-corrected chi connectivity index (χ1v) is 10.4. The van der Waals surface area contributed by atoms with Gasteiger partial charge in [-0.3, -0.25) is 0 Å². The maximum absolute atomic E-state index is 12.5. The Morgan fingerprint density at radius 1 is 1.07 bits per heavy atom. The quantitative estimate of drug-likeness (QED) is 0.556. The molecule has 4 nitrogen and oxygen atoms in total. The van der Waals surface area contributed by atoms with Crippen LogP contribution in [0, 0.1) is 0 Å². The van der Waals surface area contributed by atoms with Crippen molar-refractivity contribution >= 4 is 34.0 Å². The van der Waals surface area contributed by atoms with Crippen LogP contribution in [-0.4, -0.2) is 28.0 Å². The number of aliphatic carboxylic acids is 1. The second-order valence-electron chi connectivity index (χ2n) is 6.54. The predicted molar refractivity (Wildman–Crippen MR) is 114 cm³/mol. The van der Waals surface area contributed by atoms with Gasteiger partial charge >= 0.3 is 5.97 Å². The summed E-state index contributed by atoms with van der Waals surface area (Å²) in [5.41, 5.74) is 2.09. The van der Waals surface area contributed by atoms with Crippen LogP contribution < -0.4 is 4.74 Å². The summed E-state index contributed by atoms with van der Waals surface area (Å²) in [5, 5.41) is 12.4. The number of hydrogen-bond donors (Lipinski definition) is 1. The van der Waals surface area contributed by atoms with E-state index in [1.165, 1.54) is 0 Å². The lowest BCUT2D eigenvalue weighted by molar-refractivity contribution is -0.139. The second kappa shape index (κ2) is 9.44. The fraction of sp³-hybridized carbons (Fsp3) is 0.174. The maximum atomic E-state index is 12.5. The first-order chi connectivity index (χ1) is 13.5. The molecule has 0 aliphatic carbocycles. The minimum Gasteiger partial charge on any atom is -0.612 e. The van der Waals surface area contributed by atoms with E-state index in [4.69, 9.17) is 9.84 Å². The molecule has 0 aliphatic rings. The van der Waals surface area contributed by atoms with Crippen molar-refractivity contribution in [3.8, 4) is 5.75 Å². The first-order valence-electron chi connectivity index (χ1n) is 9.01. The minimum atomic E-state index is -1.10. The molecule has 0 amide bonds. The Bertz CT molecular complexity index is 969. The molecule has 0 saturated heterocycles. The molecule has 2 unspecified atom stereocenters. The standard InChI is InChI=1S/C23H22O4S/c1-17(16-28(26)14-13-18-7-3-2-4-8-18)19-9-5-11-21-20(19)10-6-12-22(21)27-15-23(24)25/h2-14,17H,15-16H2,1H3,(H,24,25). The minimum absolute atomic E-state index is 0.0691. The fourth-order valence-corrected chi connectivity index (χ4v) is 4.20. The number of hydrogen-bond acceptors (Lipinski definition) is 3. The normalized spacial score (nSPS) is 13.5. The molecule has 0 bridgehead atoms. The highest BCUT2D eigenvalue weighted by Crippen LogP contribution is 2.32. The van der Waals surface area contributed by atoms with E-state index in [1.807, 2.05) is 73.7 Å². The zero-order chi connectivity index (χ0) is 19.9. The monoisotopic (exact) mass is 394 g/mol. The molecule has 3 aromatic carbocycles. The summed E-state index contributed by atoms with van der Waals surface area (Å²) in [5.74, 6) is 0.101. The predicted octanol–water partition coefficient (Wildman–Crippen LogP) is 4.83. The van der Waals surface area contributed by atoms with Crippen LogP contribution in [0.2, 0.25) is 0 Å². The van der Waals surface area contributed by atoms with E-state index >= 15 is 0 Å². The molecule has 3 rings (SSSR count). The average Bonchev–Trinajstić information content (AvgIpc) is 2.71. The Kier molecular flexibility index (Phi) is 6.74. The molecule has 0 fully saturated rings. The van der Waals surface area contributed by atoms with Crippen LogP contribution in [-0.2, 0) is 16.0 Å². The largest absolute Gasteiger partial charge is 0.612 e. The number of carbonyl (C=O) groups is 1. The third-order valence-corrected chi connectivity index (χ3v) is 5.69. The van der Waals surface area contributed by atoms with Gasteiger partial charge in [0, 0.05) is 11.3 Å². The third-order valence-electron chi connectivity index (χ3n) is 4.42. The van der Waals surface area contributed by atoms with E-state index in [9.17, 15) is 9.35 Å². The van der Waals surface area contributed by atoms with Gasteiger partial charge in [-0.05, 0) is 39.8 Å². The van der Waals surface area contributed by atoms with E-state index in [0.717, 1.165) is 21.9 Å². The zero-order valence-corrected chi connectivity index (χ0v) is 16.4. The van der Waals surface area contributed by atoms with Crippen molar-refractivity contribution in [2.24, 2.45) is 0 Å². The van der Waals surface area contributed by atoms with Gasteiger partial charge in [-0.2, -0.15) is 0 Å². The second-order valence-corrected chi connectivity index (χ2v) is 7.91. The molecular weight excluding hydrogens is 372 g/mol. The number of fused-ring (bicyclic) bond motifs is 1. The van der Waals surface area contributed by atoms with E-state index < -0.39 is 17.1 Å². The average molecular weight is 394 g/mol. The summed E-state index contributed by atoms with van der Waals surface area (Å²) in [6, 6.07) is 21.2. The van der Waals surface area contributed by atoms with Gasteiger partial charge in [0.25, 0.3) is 0 Å². The molecule has 0 spiro atoms. The third kappa shape index (κ3) is 5.15. The molecule has 0 aliphatic heterocycles. The molecule has 0 saturated carbocycles. The molecule has 3 aromatic rings. The lowest BCUT2D eigenvalue weighted by Crippen LogP contribution is -2.11. The van der Waals surface area contributed by atoms with Crippen LogP contribution in [0.5, 0.6) is 5.75 Å². The van der Waals surface area contributed by atoms with Gasteiger partial charge in [-0.15, -0.1) is 0 Å². The summed E-state index contributed by atoms with van der Waals surface area (Å²) in [6.07, 6.45) is 1.88. The van der Waals surface area contributed by atoms with Gasteiger partial charge in [-0.25, -0.2) is 4.79 Å². The molecule has 2 atom stereocenters. The first kappa shape index (κ1) is 20.0. The fourth-order valence-electron chi connectivity index (χ4n) is 3.11. The van der Waals surface area contributed by atoms with Gasteiger partial charge in [0.1, 0.15) is 16.9 Å². The summed E-state index contributed by atoms with van der Waals surface area (Å²) in [4.78, 5) is 10.8. The SMILES string of the molecule is CC(C[S+]([O-])C=Cc1ccccc1)c1cccc2c(OCC(=O)O)cccc12. The number of rotatable bonds is 8. The van der Waals surface area contributed by atoms with Crippen molar-refractivity contribution in [1.82, 2.24) is 0 Å². The molecule has 144 valence electrons. The van der Waals surface area contributed by atoms with Crippen LogP contribution in [0.4, 0.5) is 0 Å². The molecule has 1 N–H and O–H groups in total. The highest BCUT2D eigenvalue weighted by Gasteiger charge is 2.16. The van der Waals surface area contributed by atoms with Crippen LogP contribution in [0.3, 0.4) is 0 Å². The van der Waals surface area contributed by atoms with Crippen LogP contribution in [0.25, 0.3) is 16.8 Å². The Balaban J connectivity index is 1.77. The van der Waals surface area contributed by atoms with Crippen molar-refractivity contribution in [1.29, 1.82) is 0 Å². The summed E-state index contributed by atoms with van der Waals surface area (Å²) in [7, 11) is 0. The van der Waals surface area contributed by atoms with Gasteiger partial charge in [0.15, 0.2) is 6.61 Å². The van der Waals surface area contributed by atoms with E-state index in [-0.39, 0.29) is 12.5 Å². The summed E-state index contributed by atoms with van der Waals surface area (Å²) >= 11 is -1.10. The van der Waals surface area contributed by atoms with Crippen molar-refractivity contribution < 1.29 is 19.2 Å². The highest BCUT2D eigenvalue weighted by molar-refractivity contribution is 7.94. The molecule has 5 heteroatoms. The van der Waals surface area contributed by atoms with Gasteiger partial charge in [0.05, 0.1) is 0 Å². The maximum Gasteiger partial charge on any atom is 0.341 e. The zero-order valence-electron chi connectivity index (χ0n) is 15.6. The van der Waals surface area contributed by atoms with Crippen LogP contribution >= 0.6 is 0 Å². The van der Waals surface area contributed by atoms with Crippen molar-refractivity contribution in [2.45, 2.75) is 12.8 Å². The lowest BCUT2D eigenvalue weighted by atomic mass is 9.95. The lowest BCUT2D eigenvalue weighted by Gasteiger charge is -2.17. The van der Waals surface area contributed by atoms with Crippen molar-refractivity contribution in [3.63, 3.8) is 0 Å². The Labute approximate surface area is 167 Å². The smallest absolute Gasteiger partial charge is 0.341 e. The molecule has 0 radical (unpaired) electrons. The molecular formula is C23H22O4S. The number of benzene rings is 3. The summed E-state index contributed by atoms with van der Waals surface area (Å²) in [6.45, 7) is 1.67. The Hall–Kier alpha value is -2.76. The van der Waals surface area contributed by atoms with Crippen LogP contribution in [0.15, 0.2) is 72.1 Å². The van der Waals surface area contributed by atoms with Gasteiger partial charge < -0.3 is 14.4 Å². The molecule has 0 aromatic heterocycles. The van der Waals surface area contributed by atoms with E-state index in [1.54, 1.807) is 11.5 Å². The number of carboxylic acids is 1. The Morgan fingerprint density at radius 2 is 1.79 bits per heavy atom. The van der Waals surface area contributed by atoms with Crippen LogP contribution in [0.1, 0.15) is 24.0 Å². The topological polar surface area (TPSA) is 69.6 Å². The Morgan fingerprint density at radius 3 is 2.54 bits per heavy atom. The number of carboxylic acid groups (broad SMARTS) is 1. The van der Waals surface area contributed by atoms with Gasteiger partial charge in [0.2, 0.25) is 0 Å². The molecule has 0 heterocycles. The summed E-state index contributed by atoms with van der Waals surface area (Å²) < 4.78 is 17.9. The van der Waals surface area contributed by atoms with Crippen molar-refractivity contribution in [2.75, 3.05) is 12.4 Å². The van der Waals surface area contributed by atoms with E-state index in [0.29, 0.717) is 11.5 Å². The number of ether oxygens (including phenoxy) is 1. The highest BCUT2D eigenvalue weighted by atomic mass is 32.2.